The number of ether oxygens (including phenoxy) is 2. The molecule has 176 valence electrons. The highest BCUT2D eigenvalue weighted by atomic mass is 32.2. The van der Waals surface area contributed by atoms with Crippen molar-refractivity contribution >= 4 is 33.0 Å². The van der Waals surface area contributed by atoms with Gasteiger partial charge in [0.2, 0.25) is 5.91 Å². The van der Waals surface area contributed by atoms with Crippen LogP contribution in [0.1, 0.15) is 19.3 Å². The molecule has 1 heterocycles. The molecule has 2 aromatic rings. The highest BCUT2D eigenvalue weighted by Gasteiger charge is 2.25. The maximum absolute atomic E-state index is 13.4. The van der Waals surface area contributed by atoms with Gasteiger partial charge in [0.1, 0.15) is 10.6 Å². The lowest BCUT2D eigenvalue weighted by atomic mass is 10.1. The minimum atomic E-state index is -3.93. The molecule has 9 heteroatoms. The number of allylic oxidation sites excluding steroid dienone is 2. The number of rotatable bonds is 8. The third-order valence-corrected chi connectivity index (χ3v) is 7.20. The Morgan fingerprint density at radius 3 is 2.52 bits per heavy atom. The van der Waals surface area contributed by atoms with Crippen molar-refractivity contribution < 1.29 is 22.7 Å². The van der Waals surface area contributed by atoms with Crippen LogP contribution in [0, 0.1) is 5.92 Å². The van der Waals surface area contributed by atoms with E-state index in [0.717, 1.165) is 12.8 Å². The van der Waals surface area contributed by atoms with Gasteiger partial charge in [0, 0.05) is 30.9 Å². The number of morpholine rings is 1. The minimum absolute atomic E-state index is 0.110. The van der Waals surface area contributed by atoms with Crippen molar-refractivity contribution in [3.63, 3.8) is 0 Å². The van der Waals surface area contributed by atoms with E-state index >= 15 is 0 Å². The van der Waals surface area contributed by atoms with Crippen LogP contribution < -0.4 is 19.7 Å². The summed E-state index contributed by atoms with van der Waals surface area (Å²) < 4.78 is 40.0. The molecule has 1 saturated heterocycles. The molecule has 4 rings (SSSR count). The number of sulfonamides is 1. The number of methoxy groups -OCH3 is 1. The fraction of sp³-hybridized carbons (Fsp3) is 0.375. The molecule has 0 bridgehead atoms. The van der Waals surface area contributed by atoms with Crippen LogP contribution in [-0.2, 0) is 19.6 Å². The molecule has 1 aliphatic heterocycles. The number of anilines is 3. The first-order valence-electron chi connectivity index (χ1n) is 11.0. The SMILES string of the molecule is COc1ccc(NS(=O)(=O)c2cc(NC(=O)CC3C=CCC3)ccc2N2CCOCC2)cc1. The minimum Gasteiger partial charge on any atom is -0.497 e. The van der Waals surface area contributed by atoms with Crippen molar-refractivity contribution in [2.45, 2.75) is 24.2 Å². The topological polar surface area (TPSA) is 97.0 Å². The van der Waals surface area contributed by atoms with Crippen molar-refractivity contribution in [1.29, 1.82) is 0 Å². The summed E-state index contributed by atoms with van der Waals surface area (Å²) in [5.74, 6) is 0.739. The molecule has 0 radical (unpaired) electrons. The molecule has 1 amide bonds. The third-order valence-electron chi connectivity index (χ3n) is 5.79. The number of hydrogen-bond acceptors (Lipinski definition) is 6. The number of nitrogens with one attached hydrogen (secondary N) is 2. The fourth-order valence-corrected chi connectivity index (χ4v) is 5.37. The highest BCUT2D eigenvalue weighted by molar-refractivity contribution is 7.92. The molecule has 33 heavy (non-hydrogen) atoms. The predicted octanol–water partition coefficient (Wildman–Crippen LogP) is 3.63. The second kappa shape index (κ2) is 10.3. The zero-order valence-electron chi connectivity index (χ0n) is 18.6. The summed E-state index contributed by atoms with van der Waals surface area (Å²) in [6.45, 7) is 2.23. The van der Waals surface area contributed by atoms with Crippen molar-refractivity contribution in [3.05, 3.63) is 54.6 Å². The molecule has 2 N–H and O–H groups in total. The molecule has 1 aliphatic carbocycles. The highest BCUT2D eigenvalue weighted by Crippen LogP contribution is 2.31. The van der Waals surface area contributed by atoms with E-state index in [9.17, 15) is 13.2 Å². The summed E-state index contributed by atoms with van der Waals surface area (Å²) in [5, 5.41) is 2.87. The number of nitrogens with zero attached hydrogens (tertiary/aromatic N) is 1. The van der Waals surface area contributed by atoms with Crippen molar-refractivity contribution in [2.75, 3.05) is 48.4 Å². The van der Waals surface area contributed by atoms with Crippen LogP contribution in [0.15, 0.2) is 59.5 Å². The zero-order chi connectivity index (χ0) is 23.3. The molecule has 2 aliphatic rings. The van der Waals surface area contributed by atoms with Crippen LogP contribution in [0.4, 0.5) is 17.1 Å². The first kappa shape index (κ1) is 23.1. The zero-order valence-corrected chi connectivity index (χ0v) is 19.4. The van der Waals surface area contributed by atoms with Crippen molar-refractivity contribution in [3.8, 4) is 5.75 Å². The summed E-state index contributed by atoms with van der Waals surface area (Å²) in [7, 11) is -2.38. The van der Waals surface area contributed by atoms with Gasteiger partial charge < -0.3 is 19.7 Å². The van der Waals surface area contributed by atoms with E-state index in [0.29, 0.717) is 55.5 Å². The largest absolute Gasteiger partial charge is 0.497 e. The Bertz CT molecular complexity index is 1110. The third kappa shape index (κ3) is 5.85. The van der Waals surface area contributed by atoms with Gasteiger partial charge in [-0.3, -0.25) is 9.52 Å². The van der Waals surface area contributed by atoms with Crippen molar-refractivity contribution in [2.24, 2.45) is 5.92 Å². The van der Waals surface area contributed by atoms with Crippen LogP contribution in [0.2, 0.25) is 0 Å². The number of carbonyl (C=O) groups is 1. The summed E-state index contributed by atoms with van der Waals surface area (Å²) in [6, 6.07) is 11.7. The van der Waals surface area contributed by atoms with E-state index in [4.69, 9.17) is 9.47 Å². The maximum atomic E-state index is 13.4. The Kier molecular flexibility index (Phi) is 7.20. The Labute approximate surface area is 194 Å². The Morgan fingerprint density at radius 1 is 1.12 bits per heavy atom. The van der Waals surface area contributed by atoms with E-state index in [1.807, 2.05) is 4.90 Å². The molecule has 0 saturated carbocycles. The van der Waals surface area contributed by atoms with E-state index in [1.165, 1.54) is 6.07 Å². The number of amides is 1. The molecule has 0 aromatic heterocycles. The second-order valence-electron chi connectivity index (χ2n) is 8.13. The maximum Gasteiger partial charge on any atom is 0.264 e. The van der Waals surface area contributed by atoms with Gasteiger partial charge in [0.25, 0.3) is 10.0 Å². The lowest BCUT2D eigenvalue weighted by Crippen LogP contribution is -2.37. The van der Waals surface area contributed by atoms with Gasteiger partial charge in [-0.05, 0) is 61.2 Å². The molecule has 1 unspecified atom stereocenters. The first-order valence-corrected chi connectivity index (χ1v) is 12.5. The van der Waals surface area contributed by atoms with Gasteiger partial charge in [0.15, 0.2) is 0 Å². The summed E-state index contributed by atoms with van der Waals surface area (Å²) in [6.07, 6.45) is 6.49. The molecule has 1 atom stereocenters. The average Bonchev–Trinajstić information content (AvgIpc) is 3.33. The summed E-state index contributed by atoms with van der Waals surface area (Å²) >= 11 is 0. The van der Waals surface area contributed by atoms with Crippen LogP contribution in [0.5, 0.6) is 5.75 Å². The van der Waals surface area contributed by atoms with Gasteiger partial charge in [-0.15, -0.1) is 0 Å². The Balaban J connectivity index is 1.60. The average molecular weight is 472 g/mol. The number of benzene rings is 2. The normalized spacial score (nSPS) is 18.2. The van der Waals surface area contributed by atoms with E-state index in [-0.39, 0.29) is 16.7 Å². The second-order valence-corrected chi connectivity index (χ2v) is 9.78. The van der Waals surface area contributed by atoms with Gasteiger partial charge in [-0.2, -0.15) is 0 Å². The molecule has 0 spiro atoms. The summed E-state index contributed by atoms with van der Waals surface area (Å²) in [5.41, 5.74) is 1.45. The van der Waals surface area contributed by atoms with Crippen LogP contribution in [0.25, 0.3) is 0 Å². The molecular weight excluding hydrogens is 442 g/mol. The Hall–Kier alpha value is -3.04. The lowest BCUT2D eigenvalue weighted by molar-refractivity contribution is -0.116. The first-order chi connectivity index (χ1) is 15.9. The smallest absolute Gasteiger partial charge is 0.264 e. The fourth-order valence-electron chi connectivity index (χ4n) is 4.06. The van der Waals surface area contributed by atoms with Crippen LogP contribution in [-0.4, -0.2) is 47.7 Å². The molecule has 8 nitrogen and oxygen atoms in total. The standard InChI is InChI=1S/C24H29N3O5S/c1-31-21-9-6-19(7-10-21)26-33(29,30)23-17-20(25-24(28)16-18-4-2-3-5-18)8-11-22(23)27-12-14-32-15-13-27/h2,4,6-11,17-18,26H,3,5,12-16H2,1H3,(H,25,28). The van der Waals surface area contributed by atoms with E-state index in [2.05, 4.69) is 22.2 Å². The summed E-state index contributed by atoms with van der Waals surface area (Å²) in [4.78, 5) is 14.6. The Morgan fingerprint density at radius 2 is 1.85 bits per heavy atom. The molecular formula is C24H29N3O5S. The monoisotopic (exact) mass is 471 g/mol. The van der Waals surface area contributed by atoms with E-state index < -0.39 is 10.0 Å². The number of hydrogen-bond donors (Lipinski definition) is 2. The van der Waals surface area contributed by atoms with Gasteiger partial charge in [-0.25, -0.2) is 8.42 Å². The predicted molar refractivity (Wildman–Crippen MR) is 128 cm³/mol. The van der Waals surface area contributed by atoms with E-state index in [1.54, 1.807) is 43.5 Å². The quantitative estimate of drug-likeness (QED) is 0.571. The van der Waals surface area contributed by atoms with Crippen LogP contribution >= 0.6 is 0 Å². The van der Waals surface area contributed by atoms with Gasteiger partial charge in [0.05, 0.1) is 26.0 Å². The van der Waals surface area contributed by atoms with Crippen molar-refractivity contribution in [1.82, 2.24) is 0 Å². The molecule has 1 fully saturated rings. The van der Waals surface area contributed by atoms with Crippen LogP contribution in [0.3, 0.4) is 0 Å². The lowest BCUT2D eigenvalue weighted by Gasteiger charge is -2.30. The number of carbonyl (C=O) groups excluding carboxylic acids is 1. The van der Waals surface area contributed by atoms with Gasteiger partial charge in [-0.1, -0.05) is 12.2 Å². The molecule has 2 aromatic carbocycles. The van der Waals surface area contributed by atoms with Gasteiger partial charge >= 0.3 is 0 Å².